The van der Waals surface area contributed by atoms with Crippen LogP contribution < -0.4 is 5.32 Å². The van der Waals surface area contributed by atoms with Crippen LogP contribution in [0, 0.1) is 0 Å². The summed E-state index contributed by atoms with van der Waals surface area (Å²) in [5.74, 6) is -0.139. The number of rotatable bonds is 1. The molecule has 2 rings (SSSR count). The van der Waals surface area contributed by atoms with Crippen molar-refractivity contribution in [3.8, 4) is 0 Å². The van der Waals surface area contributed by atoms with E-state index in [0.717, 1.165) is 10.8 Å². The average Bonchev–Trinajstić information content (AvgIpc) is 2.22. The van der Waals surface area contributed by atoms with E-state index in [2.05, 4.69) is 10.3 Å². The lowest BCUT2D eigenvalue weighted by Gasteiger charge is -2.07. The molecule has 1 aromatic carbocycles. The summed E-state index contributed by atoms with van der Waals surface area (Å²) >= 11 is 6.13. The smallest absolute Gasteiger partial charge is 0.221 e. The number of benzene rings is 1. The predicted molar refractivity (Wildman–Crippen MR) is 61.1 cm³/mol. The molecule has 0 aliphatic heterocycles. The number of hydrogen-bond donors (Lipinski definition) is 1. The number of fused-ring (bicyclic) bond motifs is 1. The summed E-state index contributed by atoms with van der Waals surface area (Å²) in [7, 11) is 0. The van der Waals surface area contributed by atoms with Crippen molar-refractivity contribution in [1.82, 2.24) is 4.98 Å². The molecule has 0 bridgehead atoms. The number of aromatic nitrogens is 1. The van der Waals surface area contributed by atoms with Gasteiger partial charge < -0.3 is 5.32 Å². The van der Waals surface area contributed by atoms with E-state index in [-0.39, 0.29) is 5.91 Å². The molecule has 0 saturated heterocycles. The Hall–Kier alpha value is -1.61. The SMILES string of the molecule is CC(=O)Nc1ccc2ccncc2c1Cl. The van der Waals surface area contributed by atoms with Crippen LogP contribution in [0.15, 0.2) is 30.6 Å². The lowest BCUT2D eigenvalue weighted by atomic mass is 10.1. The van der Waals surface area contributed by atoms with E-state index < -0.39 is 0 Å². The number of nitrogens with zero attached hydrogens (tertiary/aromatic N) is 1. The van der Waals surface area contributed by atoms with Gasteiger partial charge in [0.1, 0.15) is 0 Å². The monoisotopic (exact) mass is 220 g/mol. The standard InChI is InChI=1S/C11H9ClN2O/c1-7(15)14-10-3-2-8-4-5-13-6-9(8)11(10)12/h2-6H,1H3,(H,14,15). The topological polar surface area (TPSA) is 42.0 Å². The van der Waals surface area contributed by atoms with Gasteiger partial charge in [0.2, 0.25) is 5.91 Å². The summed E-state index contributed by atoms with van der Waals surface area (Å²) in [6.07, 6.45) is 3.39. The van der Waals surface area contributed by atoms with Gasteiger partial charge in [-0.3, -0.25) is 9.78 Å². The second kappa shape index (κ2) is 3.87. The van der Waals surface area contributed by atoms with Gasteiger partial charge in [-0.05, 0) is 17.5 Å². The Bertz CT molecular complexity index is 525. The number of anilines is 1. The molecule has 0 radical (unpaired) electrons. The van der Waals surface area contributed by atoms with Crippen molar-refractivity contribution in [2.45, 2.75) is 6.92 Å². The van der Waals surface area contributed by atoms with E-state index in [0.29, 0.717) is 10.7 Å². The maximum absolute atomic E-state index is 10.9. The molecule has 0 unspecified atom stereocenters. The normalized spacial score (nSPS) is 10.3. The van der Waals surface area contributed by atoms with E-state index in [1.54, 1.807) is 18.5 Å². The van der Waals surface area contributed by atoms with E-state index in [1.165, 1.54) is 6.92 Å². The fourth-order valence-electron chi connectivity index (χ4n) is 1.41. The van der Waals surface area contributed by atoms with E-state index in [1.807, 2.05) is 12.1 Å². The minimum Gasteiger partial charge on any atom is -0.325 e. The molecule has 2 aromatic rings. The van der Waals surface area contributed by atoms with Crippen molar-refractivity contribution in [3.63, 3.8) is 0 Å². The Morgan fingerprint density at radius 2 is 2.20 bits per heavy atom. The van der Waals surface area contributed by atoms with Crippen molar-refractivity contribution in [3.05, 3.63) is 35.6 Å². The maximum Gasteiger partial charge on any atom is 0.221 e. The zero-order chi connectivity index (χ0) is 10.8. The zero-order valence-corrected chi connectivity index (χ0v) is 8.88. The molecule has 15 heavy (non-hydrogen) atoms. The van der Waals surface area contributed by atoms with Crippen LogP contribution in [0.5, 0.6) is 0 Å². The fourth-order valence-corrected chi connectivity index (χ4v) is 1.68. The lowest BCUT2D eigenvalue weighted by Crippen LogP contribution is -2.06. The number of carbonyl (C=O) groups excluding carboxylic acids is 1. The molecule has 1 aromatic heterocycles. The Kier molecular flexibility index (Phi) is 2.56. The van der Waals surface area contributed by atoms with Crippen LogP contribution >= 0.6 is 11.6 Å². The summed E-state index contributed by atoms with van der Waals surface area (Å²) in [6.45, 7) is 1.45. The number of carbonyl (C=O) groups is 1. The van der Waals surface area contributed by atoms with Gasteiger partial charge in [-0.1, -0.05) is 17.7 Å². The highest BCUT2D eigenvalue weighted by atomic mass is 35.5. The first-order valence-electron chi connectivity index (χ1n) is 4.48. The molecular weight excluding hydrogens is 212 g/mol. The van der Waals surface area contributed by atoms with Crippen LogP contribution in [-0.2, 0) is 4.79 Å². The average molecular weight is 221 g/mol. The summed E-state index contributed by atoms with van der Waals surface area (Å²) in [6, 6.07) is 5.55. The molecule has 0 atom stereocenters. The van der Waals surface area contributed by atoms with Gasteiger partial charge in [0.05, 0.1) is 10.7 Å². The number of amides is 1. The molecule has 76 valence electrons. The number of halogens is 1. The van der Waals surface area contributed by atoms with Crippen molar-refractivity contribution < 1.29 is 4.79 Å². The van der Waals surface area contributed by atoms with Crippen LogP contribution in [0.4, 0.5) is 5.69 Å². The summed E-state index contributed by atoms with van der Waals surface area (Å²) in [4.78, 5) is 14.9. The largest absolute Gasteiger partial charge is 0.325 e. The molecule has 0 aliphatic rings. The molecule has 0 spiro atoms. The van der Waals surface area contributed by atoms with Gasteiger partial charge in [0.25, 0.3) is 0 Å². The van der Waals surface area contributed by atoms with Gasteiger partial charge in [-0.15, -0.1) is 0 Å². The molecule has 0 fully saturated rings. The number of pyridine rings is 1. The minimum absolute atomic E-state index is 0.139. The van der Waals surface area contributed by atoms with Crippen molar-refractivity contribution in [2.75, 3.05) is 5.32 Å². The van der Waals surface area contributed by atoms with Gasteiger partial charge in [-0.25, -0.2) is 0 Å². The van der Waals surface area contributed by atoms with Crippen LogP contribution in [0.1, 0.15) is 6.92 Å². The third-order valence-electron chi connectivity index (χ3n) is 2.07. The van der Waals surface area contributed by atoms with E-state index >= 15 is 0 Å². The summed E-state index contributed by atoms with van der Waals surface area (Å²) in [5, 5.41) is 5.03. The van der Waals surface area contributed by atoms with Gasteiger partial charge in [0, 0.05) is 24.7 Å². The van der Waals surface area contributed by atoms with Crippen molar-refractivity contribution in [1.29, 1.82) is 0 Å². The third kappa shape index (κ3) is 1.92. The molecule has 1 heterocycles. The quantitative estimate of drug-likeness (QED) is 0.803. The van der Waals surface area contributed by atoms with Gasteiger partial charge in [0.15, 0.2) is 0 Å². The molecule has 1 N–H and O–H groups in total. The maximum atomic E-state index is 10.9. The minimum atomic E-state index is -0.139. The molecule has 0 saturated carbocycles. The van der Waals surface area contributed by atoms with Crippen LogP contribution in [-0.4, -0.2) is 10.9 Å². The second-order valence-corrected chi connectivity index (χ2v) is 3.58. The summed E-state index contributed by atoms with van der Waals surface area (Å²) < 4.78 is 0. The summed E-state index contributed by atoms with van der Waals surface area (Å²) in [5.41, 5.74) is 0.615. The molecule has 3 nitrogen and oxygen atoms in total. The zero-order valence-electron chi connectivity index (χ0n) is 8.12. The highest BCUT2D eigenvalue weighted by Gasteiger charge is 2.05. The van der Waals surface area contributed by atoms with Crippen LogP contribution in [0.25, 0.3) is 10.8 Å². The highest BCUT2D eigenvalue weighted by molar-refractivity contribution is 6.38. The Labute approximate surface area is 92.1 Å². The third-order valence-corrected chi connectivity index (χ3v) is 2.48. The first-order valence-corrected chi connectivity index (χ1v) is 4.86. The lowest BCUT2D eigenvalue weighted by molar-refractivity contribution is -0.114. The predicted octanol–water partition coefficient (Wildman–Crippen LogP) is 2.85. The highest BCUT2D eigenvalue weighted by Crippen LogP contribution is 2.30. The van der Waals surface area contributed by atoms with E-state index in [4.69, 9.17) is 11.6 Å². The number of hydrogen-bond acceptors (Lipinski definition) is 2. The Morgan fingerprint density at radius 3 is 2.93 bits per heavy atom. The van der Waals surface area contributed by atoms with Crippen molar-refractivity contribution >= 4 is 34.0 Å². The van der Waals surface area contributed by atoms with Crippen LogP contribution in [0.3, 0.4) is 0 Å². The first-order chi connectivity index (χ1) is 7.18. The Morgan fingerprint density at radius 1 is 1.40 bits per heavy atom. The molecule has 1 amide bonds. The van der Waals surface area contributed by atoms with E-state index in [9.17, 15) is 4.79 Å². The molecule has 4 heteroatoms. The molecular formula is C11H9ClN2O. The van der Waals surface area contributed by atoms with Crippen molar-refractivity contribution in [2.24, 2.45) is 0 Å². The van der Waals surface area contributed by atoms with Crippen LogP contribution in [0.2, 0.25) is 5.02 Å². The number of nitrogens with one attached hydrogen (secondary N) is 1. The molecule has 0 aliphatic carbocycles. The fraction of sp³-hybridized carbons (Fsp3) is 0.0909. The Balaban J connectivity index is 2.59. The second-order valence-electron chi connectivity index (χ2n) is 3.21. The van der Waals surface area contributed by atoms with Gasteiger partial charge in [-0.2, -0.15) is 0 Å². The van der Waals surface area contributed by atoms with Gasteiger partial charge >= 0.3 is 0 Å². The first kappa shape index (κ1) is 9.93.